The van der Waals surface area contributed by atoms with Crippen molar-refractivity contribution in [3.63, 3.8) is 0 Å². The van der Waals surface area contributed by atoms with E-state index in [-0.39, 0.29) is 6.54 Å². The third kappa shape index (κ3) is 4.55. The van der Waals surface area contributed by atoms with Crippen molar-refractivity contribution in [1.82, 2.24) is 0 Å². The van der Waals surface area contributed by atoms with Crippen molar-refractivity contribution in [3.05, 3.63) is 29.3 Å². The van der Waals surface area contributed by atoms with Gasteiger partial charge in [0.1, 0.15) is 6.54 Å². The van der Waals surface area contributed by atoms with E-state index in [1.165, 1.54) is 11.1 Å². The molecule has 0 aliphatic rings. The van der Waals surface area contributed by atoms with Crippen LogP contribution in [0.1, 0.15) is 51.2 Å². The topological polar surface area (TPSA) is 40.5 Å². The highest BCUT2D eigenvalue weighted by Crippen LogP contribution is 2.27. The highest BCUT2D eigenvalue weighted by Gasteiger charge is 2.16. The summed E-state index contributed by atoms with van der Waals surface area (Å²) in [6.45, 7) is 7.34. The number of hydrogen-bond donors (Lipinski definition) is 1. The number of carbonyl (C=O) groups is 1. The third-order valence-corrected chi connectivity index (χ3v) is 3.64. The number of nitrogens with zero attached hydrogens (tertiary/aromatic N) is 1. The van der Waals surface area contributed by atoms with E-state index in [2.05, 4.69) is 43.9 Å². The Kier molecular flexibility index (Phi) is 7.13. The number of anilines is 1. The minimum Gasteiger partial charge on any atom is -0.480 e. The van der Waals surface area contributed by atoms with Crippen LogP contribution in [0.15, 0.2) is 18.2 Å². The SMILES string of the molecule is CCCCCN(CC(=O)O)c1c(CC)cccc1CC. The quantitative estimate of drug-likeness (QED) is 0.696. The smallest absolute Gasteiger partial charge is 0.323 e. The Morgan fingerprint density at radius 3 is 2.15 bits per heavy atom. The lowest BCUT2D eigenvalue weighted by Gasteiger charge is -2.28. The second-order valence-electron chi connectivity index (χ2n) is 5.15. The molecule has 0 amide bonds. The van der Waals surface area contributed by atoms with E-state index in [0.29, 0.717) is 0 Å². The summed E-state index contributed by atoms with van der Waals surface area (Å²) in [6.07, 6.45) is 5.22. The number of carboxylic acids is 1. The fraction of sp³-hybridized carbons (Fsp3) is 0.588. The van der Waals surface area contributed by atoms with Gasteiger partial charge in [0.25, 0.3) is 0 Å². The number of unbranched alkanes of at least 4 members (excludes halogenated alkanes) is 2. The maximum absolute atomic E-state index is 11.2. The molecule has 0 heterocycles. The lowest BCUT2D eigenvalue weighted by molar-refractivity contribution is -0.135. The molecule has 0 unspecified atom stereocenters. The first-order valence-electron chi connectivity index (χ1n) is 7.71. The highest BCUT2D eigenvalue weighted by molar-refractivity contribution is 5.75. The molecule has 1 N–H and O–H groups in total. The van der Waals surface area contributed by atoms with Gasteiger partial charge in [-0.15, -0.1) is 0 Å². The predicted molar refractivity (Wildman–Crippen MR) is 84.6 cm³/mol. The Bertz CT molecular complexity index is 407. The molecule has 0 aliphatic carbocycles. The molecule has 1 aromatic carbocycles. The number of benzene rings is 1. The van der Waals surface area contributed by atoms with E-state index in [9.17, 15) is 9.90 Å². The predicted octanol–water partition coefficient (Wildman–Crippen LogP) is 3.89. The van der Waals surface area contributed by atoms with Crippen LogP contribution in [0, 0.1) is 0 Å². The lowest BCUT2D eigenvalue weighted by Crippen LogP contribution is -2.32. The number of para-hydroxylation sites is 1. The van der Waals surface area contributed by atoms with Gasteiger partial charge in [-0.25, -0.2) is 0 Å². The molecule has 0 radical (unpaired) electrons. The number of carboxylic acid groups (broad SMARTS) is 1. The molecule has 0 saturated heterocycles. The summed E-state index contributed by atoms with van der Waals surface area (Å²) < 4.78 is 0. The summed E-state index contributed by atoms with van der Waals surface area (Å²) in [5, 5.41) is 9.19. The second kappa shape index (κ2) is 8.62. The minimum absolute atomic E-state index is 0.0910. The van der Waals surface area contributed by atoms with Crippen LogP contribution >= 0.6 is 0 Å². The summed E-state index contributed by atoms with van der Waals surface area (Å²) in [6, 6.07) is 6.30. The molecule has 3 heteroatoms. The molecule has 0 aliphatic heterocycles. The van der Waals surface area contributed by atoms with Crippen molar-refractivity contribution in [2.45, 2.75) is 52.9 Å². The van der Waals surface area contributed by atoms with Gasteiger partial charge in [-0.2, -0.15) is 0 Å². The Balaban J connectivity index is 3.06. The monoisotopic (exact) mass is 277 g/mol. The zero-order valence-electron chi connectivity index (χ0n) is 13.0. The number of aryl methyl sites for hydroxylation is 2. The summed E-state index contributed by atoms with van der Waals surface area (Å²) in [5.74, 6) is -0.755. The second-order valence-corrected chi connectivity index (χ2v) is 5.15. The van der Waals surface area contributed by atoms with E-state index >= 15 is 0 Å². The van der Waals surface area contributed by atoms with E-state index in [4.69, 9.17) is 0 Å². The maximum atomic E-state index is 11.2. The van der Waals surface area contributed by atoms with Crippen molar-refractivity contribution in [2.24, 2.45) is 0 Å². The van der Waals surface area contributed by atoms with Gasteiger partial charge in [-0.05, 0) is 30.4 Å². The van der Waals surface area contributed by atoms with Crippen LogP contribution in [0.5, 0.6) is 0 Å². The first-order valence-corrected chi connectivity index (χ1v) is 7.71. The summed E-state index contributed by atoms with van der Waals surface area (Å²) in [7, 11) is 0. The molecule has 20 heavy (non-hydrogen) atoms. The zero-order chi connectivity index (χ0) is 15.0. The molecule has 0 aromatic heterocycles. The highest BCUT2D eigenvalue weighted by atomic mass is 16.4. The molecule has 0 saturated carbocycles. The minimum atomic E-state index is -0.755. The van der Waals surface area contributed by atoms with Crippen LogP contribution in [-0.4, -0.2) is 24.2 Å². The van der Waals surface area contributed by atoms with Crippen molar-refractivity contribution in [1.29, 1.82) is 0 Å². The molecule has 112 valence electrons. The van der Waals surface area contributed by atoms with Crippen LogP contribution in [0.2, 0.25) is 0 Å². The van der Waals surface area contributed by atoms with Crippen molar-refractivity contribution < 1.29 is 9.90 Å². The van der Waals surface area contributed by atoms with Gasteiger partial charge in [0, 0.05) is 12.2 Å². The van der Waals surface area contributed by atoms with Crippen LogP contribution in [0.3, 0.4) is 0 Å². The number of aliphatic carboxylic acids is 1. The van der Waals surface area contributed by atoms with Crippen LogP contribution in [0.25, 0.3) is 0 Å². The summed E-state index contributed by atoms with van der Waals surface area (Å²) in [4.78, 5) is 13.2. The number of hydrogen-bond acceptors (Lipinski definition) is 2. The molecule has 0 bridgehead atoms. The molecule has 3 nitrogen and oxygen atoms in total. The zero-order valence-corrected chi connectivity index (χ0v) is 13.0. The van der Waals surface area contributed by atoms with Gasteiger partial charge in [0.2, 0.25) is 0 Å². The van der Waals surface area contributed by atoms with Gasteiger partial charge in [0.05, 0.1) is 0 Å². The standard InChI is InChI=1S/C17H27NO2/c1-4-7-8-12-18(13-16(19)20)17-14(5-2)10-9-11-15(17)6-3/h9-11H,4-8,12-13H2,1-3H3,(H,19,20). The van der Waals surface area contributed by atoms with E-state index < -0.39 is 5.97 Å². The van der Waals surface area contributed by atoms with Crippen molar-refractivity contribution in [3.8, 4) is 0 Å². The van der Waals surface area contributed by atoms with Crippen LogP contribution in [-0.2, 0) is 17.6 Å². The molecule has 0 spiro atoms. The van der Waals surface area contributed by atoms with Gasteiger partial charge >= 0.3 is 5.97 Å². The van der Waals surface area contributed by atoms with E-state index in [1.54, 1.807) is 0 Å². The lowest BCUT2D eigenvalue weighted by atomic mass is 10.0. The van der Waals surface area contributed by atoms with Gasteiger partial charge < -0.3 is 10.0 Å². The summed E-state index contributed by atoms with van der Waals surface area (Å²) in [5.41, 5.74) is 3.65. The fourth-order valence-corrected chi connectivity index (χ4v) is 2.61. The number of rotatable bonds is 9. The molecule has 1 aromatic rings. The maximum Gasteiger partial charge on any atom is 0.323 e. The van der Waals surface area contributed by atoms with Crippen molar-refractivity contribution in [2.75, 3.05) is 18.0 Å². The molecule has 1 rings (SSSR count). The molecular weight excluding hydrogens is 250 g/mol. The average Bonchev–Trinajstić information content (AvgIpc) is 2.45. The van der Waals surface area contributed by atoms with E-state index in [1.807, 2.05) is 0 Å². The molecule has 0 fully saturated rings. The largest absolute Gasteiger partial charge is 0.480 e. The summed E-state index contributed by atoms with van der Waals surface area (Å²) >= 11 is 0. The Labute approximate surface area is 122 Å². The average molecular weight is 277 g/mol. The van der Waals surface area contributed by atoms with Crippen LogP contribution < -0.4 is 4.90 Å². The Morgan fingerprint density at radius 2 is 1.70 bits per heavy atom. The Morgan fingerprint density at radius 1 is 1.10 bits per heavy atom. The third-order valence-electron chi connectivity index (χ3n) is 3.64. The van der Waals surface area contributed by atoms with Crippen molar-refractivity contribution >= 4 is 11.7 Å². The normalized spacial score (nSPS) is 10.6. The van der Waals surface area contributed by atoms with Gasteiger partial charge in [-0.3, -0.25) is 4.79 Å². The molecular formula is C17H27NO2. The first-order chi connectivity index (χ1) is 9.63. The molecule has 0 atom stereocenters. The Hall–Kier alpha value is -1.51. The fourth-order valence-electron chi connectivity index (χ4n) is 2.61. The van der Waals surface area contributed by atoms with Gasteiger partial charge in [-0.1, -0.05) is 51.8 Å². The van der Waals surface area contributed by atoms with Gasteiger partial charge in [0.15, 0.2) is 0 Å². The van der Waals surface area contributed by atoms with E-state index in [0.717, 1.165) is 44.3 Å². The first kappa shape index (κ1) is 16.5. The van der Waals surface area contributed by atoms with Crippen LogP contribution in [0.4, 0.5) is 5.69 Å².